The number of H-pyrrole nitrogens is 1. The molecule has 140 valence electrons. The van der Waals surface area contributed by atoms with E-state index in [0.717, 1.165) is 40.5 Å². The van der Waals surface area contributed by atoms with Gasteiger partial charge in [-0.1, -0.05) is 6.07 Å². The molecule has 1 fully saturated rings. The maximum atomic E-state index is 12.7. The van der Waals surface area contributed by atoms with Crippen LogP contribution in [0.15, 0.2) is 48.8 Å². The van der Waals surface area contributed by atoms with Gasteiger partial charge in [-0.05, 0) is 48.1 Å². The molecule has 0 aliphatic carbocycles. The Balaban J connectivity index is 1.44. The number of fused-ring (bicyclic) bond motifs is 2. The van der Waals surface area contributed by atoms with Gasteiger partial charge in [0, 0.05) is 43.1 Å². The van der Waals surface area contributed by atoms with Gasteiger partial charge in [0.1, 0.15) is 11.2 Å². The van der Waals surface area contributed by atoms with Gasteiger partial charge in [-0.15, -0.1) is 0 Å². The molecule has 1 aliphatic rings. The number of aromatic nitrogens is 4. The number of pyridine rings is 2. The molecule has 0 saturated carbocycles. The summed E-state index contributed by atoms with van der Waals surface area (Å²) in [6.45, 7) is 1.41. The number of nitrogens with zero attached hydrogens (tertiary/aromatic N) is 3. The molecule has 1 unspecified atom stereocenters. The third-order valence-electron chi connectivity index (χ3n) is 5.11. The maximum absolute atomic E-state index is 12.7. The molecule has 4 aromatic rings. The van der Waals surface area contributed by atoms with E-state index in [4.69, 9.17) is 4.74 Å². The van der Waals surface area contributed by atoms with Crippen molar-refractivity contribution in [1.29, 1.82) is 0 Å². The number of anilines is 2. The number of Topliss-reactive ketones (excluding diaryl/α,β-unsaturated/α-hetero) is 1. The molecule has 5 rings (SSSR count). The van der Waals surface area contributed by atoms with Gasteiger partial charge in [0.25, 0.3) is 0 Å². The van der Waals surface area contributed by atoms with Crippen LogP contribution in [0.4, 0.5) is 11.5 Å². The second-order valence-electron chi connectivity index (χ2n) is 7.05. The Hall–Kier alpha value is -3.32. The van der Waals surface area contributed by atoms with E-state index in [1.807, 2.05) is 36.4 Å². The number of hydrogen-bond donors (Lipinski definition) is 2. The molecule has 1 aromatic carbocycles. The summed E-state index contributed by atoms with van der Waals surface area (Å²) in [7, 11) is 0. The van der Waals surface area contributed by atoms with Crippen molar-refractivity contribution in [3.63, 3.8) is 0 Å². The standard InChI is InChI=1S/C21H19N5O2/c27-18(10-13-6-9-28-12-13)19-16-4-3-15(11-14(16)5-8-23-19)24-21-20-17(25-26-21)2-1-7-22-20/h1-5,7-8,11,13H,6,9-10,12H2,(H2,24,25,26). The van der Waals surface area contributed by atoms with Gasteiger partial charge in [-0.25, -0.2) is 0 Å². The summed E-state index contributed by atoms with van der Waals surface area (Å²) in [5, 5.41) is 12.4. The van der Waals surface area contributed by atoms with E-state index in [-0.39, 0.29) is 5.78 Å². The lowest BCUT2D eigenvalue weighted by atomic mass is 9.97. The molecular weight excluding hydrogens is 354 g/mol. The molecule has 0 radical (unpaired) electrons. The van der Waals surface area contributed by atoms with Crippen LogP contribution in [-0.4, -0.2) is 39.2 Å². The SMILES string of the molecule is O=C(CC1CCOC1)c1nccc2cc(Nc3n[nH]c4cccnc34)ccc12. The smallest absolute Gasteiger partial charge is 0.182 e. The summed E-state index contributed by atoms with van der Waals surface area (Å²) in [6, 6.07) is 11.6. The minimum absolute atomic E-state index is 0.0734. The van der Waals surface area contributed by atoms with Crippen molar-refractivity contribution in [1.82, 2.24) is 20.2 Å². The number of ether oxygens (including phenoxy) is 1. The number of nitrogens with one attached hydrogen (secondary N) is 2. The average Bonchev–Trinajstić information content (AvgIpc) is 3.38. The van der Waals surface area contributed by atoms with Crippen molar-refractivity contribution in [3.05, 3.63) is 54.5 Å². The Morgan fingerprint density at radius 1 is 1.21 bits per heavy atom. The zero-order valence-electron chi connectivity index (χ0n) is 15.2. The van der Waals surface area contributed by atoms with Gasteiger partial charge < -0.3 is 10.1 Å². The van der Waals surface area contributed by atoms with Crippen LogP contribution < -0.4 is 5.32 Å². The number of aromatic amines is 1. The Kier molecular flexibility index (Phi) is 4.21. The van der Waals surface area contributed by atoms with E-state index in [1.54, 1.807) is 12.4 Å². The zero-order chi connectivity index (χ0) is 18.9. The molecule has 7 heteroatoms. The maximum Gasteiger partial charge on any atom is 0.182 e. The molecule has 0 bridgehead atoms. The van der Waals surface area contributed by atoms with Gasteiger partial charge in [0.2, 0.25) is 0 Å². The molecule has 1 saturated heterocycles. The van der Waals surface area contributed by atoms with Crippen LogP contribution in [0.1, 0.15) is 23.3 Å². The Morgan fingerprint density at radius 3 is 3.07 bits per heavy atom. The molecule has 7 nitrogen and oxygen atoms in total. The lowest BCUT2D eigenvalue weighted by Crippen LogP contribution is -2.10. The van der Waals surface area contributed by atoms with E-state index in [9.17, 15) is 4.79 Å². The topological polar surface area (TPSA) is 92.8 Å². The minimum atomic E-state index is 0.0734. The van der Waals surface area contributed by atoms with Crippen LogP contribution in [0.25, 0.3) is 21.8 Å². The summed E-state index contributed by atoms with van der Waals surface area (Å²) in [4.78, 5) is 21.5. The second-order valence-corrected chi connectivity index (χ2v) is 7.05. The first-order valence-corrected chi connectivity index (χ1v) is 9.34. The Morgan fingerprint density at radius 2 is 2.18 bits per heavy atom. The first kappa shape index (κ1) is 16.8. The number of carbonyl (C=O) groups excluding carboxylic acids is 1. The molecule has 0 spiro atoms. The van der Waals surface area contributed by atoms with E-state index in [1.165, 1.54) is 0 Å². The number of rotatable bonds is 5. The highest BCUT2D eigenvalue weighted by Crippen LogP contribution is 2.27. The van der Waals surface area contributed by atoms with Crippen LogP contribution in [0, 0.1) is 5.92 Å². The summed E-state index contributed by atoms with van der Waals surface area (Å²) in [5.41, 5.74) is 3.06. The van der Waals surface area contributed by atoms with Gasteiger partial charge >= 0.3 is 0 Å². The summed E-state index contributed by atoms with van der Waals surface area (Å²) < 4.78 is 5.38. The van der Waals surface area contributed by atoms with Gasteiger partial charge in [-0.2, -0.15) is 5.10 Å². The van der Waals surface area contributed by atoms with Crippen LogP contribution in [0.5, 0.6) is 0 Å². The van der Waals surface area contributed by atoms with Crippen LogP contribution >= 0.6 is 0 Å². The van der Waals surface area contributed by atoms with Crippen molar-refractivity contribution in [2.24, 2.45) is 5.92 Å². The number of carbonyl (C=O) groups is 1. The summed E-state index contributed by atoms with van der Waals surface area (Å²) in [5.74, 6) is 1.04. The van der Waals surface area contributed by atoms with Gasteiger partial charge in [0.15, 0.2) is 11.6 Å². The van der Waals surface area contributed by atoms with Crippen molar-refractivity contribution in [2.75, 3.05) is 18.5 Å². The molecule has 1 atom stereocenters. The molecule has 28 heavy (non-hydrogen) atoms. The van der Waals surface area contributed by atoms with Crippen LogP contribution in [0.2, 0.25) is 0 Å². The minimum Gasteiger partial charge on any atom is -0.381 e. The Labute approximate surface area is 161 Å². The first-order valence-electron chi connectivity index (χ1n) is 9.34. The lowest BCUT2D eigenvalue weighted by Gasteiger charge is -2.10. The predicted octanol–water partition coefficient (Wildman–Crippen LogP) is 3.86. The van der Waals surface area contributed by atoms with E-state index in [0.29, 0.717) is 30.5 Å². The largest absolute Gasteiger partial charge is 0.381 e. The predicted molar refractivity (Wildman–Crippen MR) is 107 cm³/mol. The molecule has 2 N–H and O–H groups in total. The third-order valence-corrected chi connectivity index (χ3v) is 5.11. The van der Waals surface area contributed by atoms with Gasteiger partial charge in [0.05, 0.1) is 5.52 Å². The van der Waals surface area contributed by atoms with E-state index < -0.39 is 0 Å². The second kappa shape index (κ2) is 7.01. The molecule has 0 amide bonds. The van der Waals surface area contributed by atoms with Gasteiger partial charge in [-0.3, -0.25) is 19.9 Å². The first-order chi connectivity index (χ1) is 13.8. The highest BCUT2D eigenvalue weighted by molar-refractivity contribution is 6.07. The van der Waals surface area contributed by atoms with Crippen molar-refractivity contribution < 1.29 is 9.53 Å². The lowest BCUT2D eigenvalue weighted by molar-refractivity contribution is 0.0949. The molecule has 1 aliphatic heterocycles. The quantitative estimate of drug-likeness (QED) is 0.516. The van der Waals surface area contributed by atoms with E-state index >= 15 is 0 Å². The fourth-order valence-electron chi connectivity index (χ4n) is 3.66. The molecular formula is C21H19N5O2. The van der Waals surface area contributed by atoms with Crippen molar-refractivity contribution >= 4 is 39.1 Å². The fourth-order valence-corrected chi connectivity index (χ4v) is 3.66. The fraction of sp³-hybridized carbons (Fsp3) is 0.238. The van der Waals surface area contributed by atoms with Crippen molar-refractivity contribution in [2.45, 2.75) is 12.8 Å². The normalized spacial score (nSPS) is 16.6. The Bertz CT molecular complexity index is 1160. The summed E-state index contributed by atoms with van der Waals surface area (Å²) in [6.07, 6.45) is 4.85. The van der Waals surface area contributed by atoms with Crippen LogP contribution in [0.3, 0.4) is 0 Å². The summed E-state index contributed by atoms with van der Waals surface area (Å²) >= 11 is 0. The average molecular weight is 373 g/mol. The van der Waals surface area contributed by atoms with Crippen LogP contribution in [-0.2, 0) is 4.74 Å². The highest BCUT2D eigenvalue weighted by atomic mass is 16.5. The monoisotopic (exact) mass is 373 g/mol. The van der Waals surface area contributed by atoms with E-state index in [2.05, 4.69) is 25.5 Å². The number of hydrogen-bond acceptors (Lipinski definition) is 6. The number of benzene rings is 1. The molecule has 4 heterocycles. The third kappa shape index (κ3) is 3.10. The zero-order valence-corrected chi connectivity index (χ0v) is 15.2. The van der Waals surface area contributed by atoms with Crippen molar-refractivity contribution in [3.8, 4) is 0 Å². The number of ketones is 1. The molecule has 3 aromatic heterocycles. The highest BCUT2D eigenvalue weighted by Gasteiger charge is 2.22.